The number of fused-ring (bicyclic) bond motifs is 4. The van der Waals surface area contributed by atoms with Gasteiger partial charge in [-0.05, 0) is 80.9 Å². The summed E-state index contributed by atoms with van der Waals surface area (Å²) in [5, 5.41) is 18.0. The summed E-state index contributed by atoms with van der Waals surface area (Å²) in [6.45, 7) is 0. The van der Waals surface area contributed by atoms with Gasteiger partial charge in [0.05, 0.1) is 16.4 Å². The summed E-state index contributed by atoms with van der Waals surface area (Å²) in [6.07, 6.45) is 1.80. The predicted octanol–water partition coefficient (Wildman–Crippen LogP) is 4.71. The van der Waals surface area contributed by atoms with Crippen molar-refractivity contribution in [2.75, 3.05) is 0 Å². The second-order valence-electron chi connectivity index (χ2n) is 10.1. The first-order chi connectivity index (χ1) is 19.8. The van der Waals surface area contributed by atoms with Crippen LogP contribution in [0.3, 0.4) is 0 Å². The van der Waals surface area contributed by atoms with E-state index in [2.05, 4.69) is 101 Å². The first-order valence-corrected chi connectivity index (χ1v) is 13.4. The maximum Gasteiger partial charge on any atom is 1.00 e. The van der Waals surface area contributed by atoms with Crippen LogP contribution < -0.4 is 29.0 Å². The van der Waals surface area contributed by atoms with Crippen molar-refractivity contribution < 1.29 is 29.0 Å². The molecule has 0 aliphatic heterocycles. The molecule has 0 saturated heterocycles. The van der Waals surface area contributed by atoms with Gasteiger partial charge in [0.15, 0.2) is 6.20 Å². The zero-order valence-corrected chi connectivity index (χ0v) is 22.5. The molecule has 0 aliphatic carbocycles. The van der Waals surface area contributed by atoms with E-state index in [4.69, 9.17) is 4.98 Å². The molecule has 0 amide bonds. The SMILES string of the molecule is [Li+].[O-]c1ccc(-c2cccc3cc4c(-c5nc6ccccc6n5-c5ccccc5)cccc4cc23)c2ccc[nH+]c12. The Morgan fingerprint density at radius 1 is 0.585 bits per heavy atom. The van der Waals surface area contributed by atoms with Gasteiger partial charge in [0.25, 0.3) is 0 Å². The van der Waals surface area contributed by atoms with Crippen LogP contribution in [0.15, 0.2) is 134 Å². The molecule has 6 aromatic carbocycles. The van der Waals surface area contributed by atoms with Crippen LogP contribution >= 0.6 is 0 Å². The average molecular weight is 521 g/mol. The Kier molecular flexibility index (Phi) is 6.09. The Morgan fingerprint density at radius 3 is 2.07 bits per heavy atom. The van der Waals surface area contributed by atoms with E-state index in [1.807, 2.05) is 30.3 Å². The Hall–Kier alpha value is -4.88. The number of benzene rings is 6. The zero-order valence-electron chi connectivity index (χ0n) is 22.5. The molecular weight excluding hydrogens is 497 g/mol. The topological polar surface area (TPSA) is 55.0 Å². The maximum absolute atomic E-state index is 12.5. The second-order valence-corrected chi connectivity index (χ2v) is 10.1. The number of aromatic nitrogens is 3. The minimum Gasteiger partial charge on any atom is -0.868 e. The molecule has 8 rings (SSSR count). The molecule has 8 aromatic rings. The average Bonchev–Trinajstić information content (AvgIpc) is 3.40. The van der Waals surface area contributed by atoms with Crippen LogP contribution in [0.2, 0.25) is 0 Å². The molecule has 0 saturated carbocycles. The first kappa shape index (κ1) is 25.1. The van der Waals surface area contributed by atoms with Gasteiger partial charge in [0.2, 0.25) is 5.52 Å². The van der Waals surface area contributed by atoms with Crippen molar-refractivity contribution in [1.29, 1.82) is 0 Å². The number of pyridine rings is 1. The fourth-order valence-corrected chi connectivity index (χ4v) is 5.96. The Labute approximate surface area is 248 Å². The molecule has 0 atom stereocenters. The number of para-hydroxylation sites is 3. The van der Waals surface area contributed by atoms with Gasteiger partial charge in [0, 0.05) is 17.3 Å². The van der Waals surface area contributed by atoms with Crippen LogP contribution in [0.25, 0.3) is 71.7 Å². The number of nitrogens with zero attached hydrogens (tertiary/aromatic N) is 2. The van der Waals surface area contributed by atoms with E-state index in [0.29, 0.717) is 5.52 Å². The van der Waals surface area contributed by atoms with Crippen molar-refractivity contribution in [1.82, 2.24) is 9.55 Å². The van der Waals surface area contributed by atoms with Crippen molar-refractivity contribution in [2.24, 2.45) is 0 Å². The molecule has 0 bridgehead atoms. The summed E-state index contributed by atoms with van der Waals surface area (Å²) >= 11 is 0. The van der Waals surface area contributed by atoms with E-state index in [9.17, 15) is 5.11 Å². The molecule has 0 fully saturated rings. The first-order valence-electron chi connectivity index (χ1n) is 13.4. The molecule has 188 valence electrons. The maximum atomic E-state index is 12.5. The van der Waals surface area contributed by atoms with Crippen LogP contribution in [-0.4, -0.2) is 9.55 Å². The Bertz CT molecular complexity index is 2240. The van der Waals surface area contributed by atoms with Gasteiger partial charge in [-0.2, -0.15) is 0 Å². The number of hydrogen-bond donors (Lipinski definition) is 0. The Balaban J connectivity index is 0.00000276. The van der Waals surface area contributed by atoms with Crippen molar-refractivity contribution >= 4 is 43.5 Å². The molecule has 0 radical (unpaired) electrons. The fourth-order valence-electron chi connectivity index (χ4n) is 5.96. The van der Waals surface area contributed by atoms with E-state index in [0.717, 1.165) is 66.2 Å². The normalized spacial score (nSPS) is 11.3. The standard InChI is InChI=1S/C36H23N3O.Li/c40-34-19-18-27(28-15-8-20-37-35(28)34)26-13-6-9-23-22-31-24(21-30(23)26)10-7-14-29(31)36-38-32-16-4-5-17-33(32)39(36)25-11-2-1-3-12-25;/h1-22,40H;/q;+1. The number of nitrogens with one attached hydrogen (secondary N) is 1. The van der Waals surface area contributed by atoms with Crippen molar-refractivity contribution in [3.05, 3.63) is 134 Å². The van der Waals surface area contributed by atoms with Gasteiger partial charge in [0.1, 0.15) is 5.82 Å². The van der Waals surface area contributed by atoms with E-state index in [1.165, 1.54) is 0 Å². The largest absolute Gasteiger partial charge is 1.00 e. The zero-order chi connectivity index (χ0) is 26.6. The van der Waals surface area contributed by atoms with Crippen LogP contribution in [0.5, 0.6) is 5.75 Å². The molecule has 5 heteroatoms. The second kappa shape index (κ2) is 9.94. The number of rotatable bonds is 3. The molecule has 4 nitrogen and oxygen atoms in total. The molecule has 0 spiro atoms. The summed E-state index contributed by atoms with van der Waals surface area (Å²) in [5.74, 6) is 0.914. The number of imidazole rings is 1. The number of H-pyrrole nitrogens is 1. The third-order valence-electron chi connectivity index (χ3n) is 7.78. The quantitative estimate of drug-likeness (QED) is 0.250. The Morgan fingerprint density at radius 2 is 1.27 bits per heavy atom. The fraction of sp³-hybridized carbons (Fsp3) is 0. The molecule has 2 heterocycles. The van der Waals surface area contributed by atoms with Gasteiger partial charge in [-0.3, -0.25) is 4.57 Å². The van der Waals surface area contributed by atoms with Gasteiger partial charge < -0.3 is 5.11 Å². The summed E-state index contributed by atoms with van der Waals surface area (Å²) in [6, 6.07) is 43.6. The summed E-state index contributed by atoms with van der Waals surface area (Å²) < 4.78 is 2.25. The molecule has 0 unspecified atom stereocenters. The monoisotopic (exact) mass is 520 g/mol. The third kappa shape index (κ3) is 4.00. The van der Waals surface area contributed by atoms with E-state index >= 15 is 0 Å². The summed E-state index contributed by atoms with van der Waals surface area (Å²) in [5.41, 5.74) is 6.97. The predicted molar refractivity (Wildman–Crippen MR) is 160 cm³/mol. The molecule has 0 aliphatic rings. The number of aromatic amines is 1. The smallest absolute Gasteiger partial charge is 0.868 e. The number of hydrogen-bond acceptors (Lipinski definition) is 2. The summed E-state index contributed by atoms with van der Waals surface area (Å²) in [7, 11) is 0. The van der Waals surface area contributed by atoms with Gasteiger partial charge in [-0.1, -0.05) is 78.9 Å². The van der Waals surface area contributed by atoms with E-state index in [-0.39, 0.29) is 24.6 Å². The van der Waals surface area contributed by atoms with Crippen LogP contribution in [-0.2, 0) is 0 Å². The van der Waals surface area contributed by atoms with Crippen molar-refractivity contribution in [3.8, 4) is 34.0 Å². The minimum absolute atomic E-state index is 0. The summed E-state index contributed by atoms with van der Waals surface area (Å²) in [4.78, 5) is 8.27. The molecule has 41 heavy (non-hydrogen) atoms. The van der Waals surface area contributed by atoms with Crippen molar-refractivity contribution in [2.45, 2.75) is 0 Å². The van der Waals surface area contributed by atoms with Gasteiger partial charge >= 0.3 is 18.9 Å². The van der Waals surface area contributed by atoms with Crippen molar-refractivity contribution in [3.63, 3.8) is 0 Å². The molecule has 2 aromatic heterocycles. The van der Waals surface area contributed by atoms with Crippen LogP contribution in [0.1, 0.15) is 0 Å². The molecule has 1 N–H and O–H groups in total. The van der Waals surface area contributed by atoms with Crippen LogP contribution in [0, 0.1) is 0 Å². The third-order valence-corrected chi connectivity index (χ3v) is 7.78. The van der Waals surface area contributed by atoms with Crippen LogP contribution in [0.4, 0.5) is 0 Å². The van der Waals surface area contributed by atoms with E-state index in [1.54, 1.807) is 12.3 Å². The van der Waals surface area contributed by atoms with E-state index < -0.39 is 0 Å². The molecular formula is C36H23LiN3O+. The van der Waals surface area contributed by atoms with Gasteiger partial charge in [-0.15, -0.1) is 0 Å². The minimum atomic E-state index is -0.00372. The van der Waals surface area contributed by atoms with Gasteiger partial charge in [-0.25, -0.2) is 9.97 Å².